The molecule has 4 heteroatoms. The van der Waals surface area contributed by atoms with E-state index in [1.807, 2.05) is 17.7 Å². The second-order valence-electron chi connectivity index (χ2n) is 4.01. The van der Waals surface area contributed by atoms with E-state index in [4.69, 9.17) is 0 Å². The molecule has 0 aromatic carbocycles. The van der Waals surface area contributed by atoms with Crippen LogP contribution in [0.25, 0.3) is 0 Å². The van der Waals surface area contributed by atoms with Gasteiger partial charge in [0.2, 0.25) is 0 Å². The maximum Gasteiger partial charge on any atom is 0.281 e. The molecule has 94 valence electrons. The molecule has 0 fully saturated rings. The first kappa shape index (κ1) is 13.9. The minimum atomic E-state index is -0.124. The summed E-state index contributed by atoms with van der Waals surface area (Å²) in [5.41, 5.74) is 2.57. The molecule has 3 nitrogen and oxygen atoms in total. The Hall–Kier alpha value is -1.16. The molecule has 1 heterocycles. The summed E-state index contributed by atoms with van der Waals surface area (Å²) in [5, 5.41) is 5.92. The Morgan fingerprint density at radius 2 is 2.41 bits per heavy atom. The largest absolute Gasteiger partial charge is 0.281 e. The lowest BCUT2D eigenvalue weighted by Gasteiger charge is -2.07. The number of amides is 1. The molecule has 1 unspecified atom stereocenters. The minimum Gasteiger partial charge on any atom is -0.266 e. The second kappa shape index (κ2) is 8.01. The molecule has 1 aromatic heterocycles. The van der Waals surface area contributed by atoms with Crippen LogP contribution in [0.2, 0.25) is 0 Å². The van der Waals surface area contributed by atoms with Crippen LogP contribution in [0.15, 0.2) is 22.6 Å². The highest BCUT2D eigenvalue weighted by Gasteiger charge is 2.05. The van der Waals surface area contributed by atoms with E-state index in [1.165, 1.54) is 24.2 Å². The number of carbonyl (C=O) groups is 1. The van der Waals surface area contributed by atoms with Crippen molar-refractivity contribution in [3.05, 3.63) is 22.4 Å². The first-order chi connectivity index (χ1) is 8.27. The number of hydrogen-bond donors (Lipinski definition) is 1. The predicted molar refractivity (Wildman–Crippen MR) is 73.6 cm³/mol. The molecule has 1 rings (SSSR count). The Bertz CT molecular complexity index is 346. The van der Waals surface area contributed by atoms with Crippen LogP contribution in [-0.4, -0.2) is 12.1 Å². The first-order valence-corrected chi connectivity index (χ1v) is 7.02. The standard InChI is InChI=1S/C13H20N2OS/c1-3-5-7-11(4-2)10-14-15-13(16)12-8-6-9-17-12/h6,8-11H,3-5,7H2,1-2H3,(H,15,16)/b14-10+. The molecule has 17 heavy (non-hydrogen) atoms. The van der Waals surface area contributed by atoms with Gasteiger partial charge in [0, 0.05) is 6.21 Å². The smallest absolute Gasteiger partial charge is 0.266 e. The Labute approximate surface area is 107 Å². The van der Waals surface area contributed by atoms with Gasteiger partial charge in [-0.25, -0.2) is 5.43 Å². The van der Waals surface area contributed by atoms with E-state index in [9.17, 15) is 4.79 Å². The van der Waals surface area contributed by atoms with Crippen molar-refractivity contribution in [3.8, 4) is 0 Å². The van der Waals surface area contributed by atoms with Gasteiger partial charge in [-0.05, 0) is 30.2 Å². The van der Waals surface area contributed by atoms with Gasteiger partial charge < -0.3 is 0 Å². The quantitative estimate of drug-likeness (QED) is 0.583. The van der Waals surface area contributed by atoms with Crippen LogP contribution in [0.1, 0.15) is 49.2 Å². The van der Waals surface area contributed by atoms with E-state index in [-0.39, 0.29) is 5.91 Å². The fraction of sp³-hybridized carbons (Fsp3) is 0.538. The molecule has 0 radical (unpaired) electrons. The van der Waals surface area contributed by atoms with Gasteiger partial charge in [-0.3, -0.25) is 4.79 Å². The van der Waals surface area contributed by atoms with E-state index in [1.54, 1.807) is 6.07 Å². The van der Waals surface area contributed by atoms with Crippen molar-refractivity contribution >= 4 is 23.5 Å². The molecule has 0 aliphatic rings. The van der Waals surface area contributed by atoms with Crippen molar-refractivity contribution in [3.63, 3.8) is 0 Å². The van der Waals surface area contributed by atoms with Crippen LogP contribution < -0.4 is 5.43 Å². The maximum absolute atomic E-state index is 11.6. The van der Waals surface area contributed by atoms with Crippen molar-refractivity contribution in [2.75, 3.05) is 0 Å². The Morgan fingerprint density at radius 3 is 3.00 bits per heavy atom. The van der Waals surface area contributed by atoms with Crippen molar-refractivity contribution in [1.82, 2.24) is 5.43 Å². The van der Waals surface area contributed by atoms with Gasteiger partial charge in [0.25, 0.3) is 5.91 Å². The number of nitrogens with zero attached hydrogens (tertiary/aromatic N) is 1. The molecular formula is C13H20N2OS. The topological polar surface area (TPSA) is 41.5 Å². The van der Waals surface area contributed by atoms with Crippen LogP contribution in [0, 0.1) is 5.92 Å². The average molecular weight is 252 g/mol. The van der Waals surface area contributed by atoms with Gasteiger partial charge >= 0.3 is 0 Å². The number of hydrazone groups is 1. The Morgan fingerprint density at radius 1 is 1.59 bits per heavy atom. The average Bonchev–Trinajstić information content (AvgIpc) is 2.87. The zero-order valence-electron chi connectivity index (χ0n) is 10.5. The molecule has 0 saturated heterocycles. The third-order valence-electron chi connectivity index (χ3n) is 2.65. The highest BCUT2D eigenvalue weighted by molar-refractivity contribution is 7.12. The van der Waals surface area contributed by atoms with Gasteiger partial charge in [0.15, 0.2) is 0 Å². The van der Waals surface area contributed by atoms with E-state index in [0.717, 1.165) is 12.8 Å². The van der Waals surface area contributed by atoms with E-state index >= 15 is 0 Å². The number of unbranched alkanes of at least 4 members (excludes halogenated alkanes) is 1. The van der Waals surface area contributed by atoms with Crippen LogP contribution in [0.5, 0.6) is 0 Å². The summed E-state index contributed by atoms with van der Waals surface area (Å²) in [6, 6.07) is 3.66. The summed E-state index contributed by atoms with van der Waals surface area (Å²) in [7, 11) is 0. The highest BCUT2D eigenvalue weighted by Crippen LogP contribution is 2.10. The van der Waals surface area contributed by atoms with E-state index < -0.39 is 0 Å². The number of thiophene rings is 1. The number of nitrogens with one attached hydrogen (secondary N) is 1. The molecule has 0 bridgehead atoms. The molecule has 0 aliphatic heterocycles. The SMILES string of the molecule is CCCCC(/C=N/NC(=O)c1cccs1)CC. The highest BCUT2D eigenvalue weighted by atomic mass is 32.1. The number of hydrogen-bond acceptors (Lipinski definition) is 3. The zero-order chi connectivity index (χ0) is 12.5. The van der Waals surface area contributed by atoms with Gasteiger partial charge in [-0.15, -0.1) is 11.3 Å². The third-order valence-corrected chi connectivity index (χ3v) is 3.52. The summed E-state index contributed by atoms with van der Waals surface area (Å²) in [6.07, 6.45) is 6.49. The molecule has 1 aromatic rings. The summed E-state index contributed by atoms with van der Waals surface area (Å²) in [5.74, 6) is 0.347. The van der Waals surface area contributed by atoms with E-state index in [0.29, 0.717) is 10.8 Å². The fourth-order valence-electron chi connectivity index (χ4n) is 1.51. The van der Waals surface area contributed by atoms with E-state index in [2.05, 4.69) is 24.4 Å². The minimum absolute atomic E-state index is 0.124. The summed E-state index contributed by atoms with van der Waals surface area (Å²) >= 11 is 1.42. The molecule has 0 aliphatic carbocycles. The van der Waals surface area contributed by atoms with Crippen LogP contribution in [0.3, 0.4) is 0 Å². The van der Waals surface area contributed by atoms with Crippen molar-refractivity contribution in [2.24, 2.45) is 11.0 Å². The van der Waals surface area contributed by atoms with Crippen LogP contribution in [-0.2, 0) is 0 Å². The Kier molecular flexibility index (Phi) is 6.55. The lowest BCUT2D eigenvalue weighted by atomic mass is 10.0. The third kappa shape index (κ3) is 5.13. The van der Waals surface area contributed by atoms with Crippen molar-refractivity contribution < 1.29 is 4.79 Å². The summed E-state index contributed by atoms with van der Waals surface area (Å²) < 4.78 is 0. The molecule has 1 N–H and O–H groups in total. The molecule has 1 amide bonds. The molecular weight excluding hydrogens is 232 g/mol. The first-order valence-electron chi connectivity index (χ1n) is 6.15. The molecule has 0 spiro atoms. The number of carbonyl (C=O) groups excluding carboxylic acids is 1. The zero-order valence-corrected chi connectivity index (χ0v) is 11.3. The maximum atomic E-state index is 11.6. The summed E-state index contributed by atoms with van der Waals surface area (Å²) in [4.78, 5) is 12.3. The molecule has 0 saturated carbocycles. The van der Waals surface area contributed by atoms with Gasteiger partial charge in [-0.2, -0.15) is 5.10 Å². The lowest BCUT2D eigenvalue weighted by Crippen LogP contribution is -2.17. The number of rotatable bonds is 7. The normalized spacial score (nSPS) is 12.8. The van der Waals surface area contributed by atoms with Crippen molar-refractivity contribution in [1.29, 1.82) is 0 Å². The second-order valence-corrected chi connectivity index (χ2v) is 4.95. The van der Waals surface area contributed by atoms with Crippen LogP contribution >= 0.6 is 11.3 Å². The molecule has 1 atom stereocenters. The lowest BCUT2D eigenvalue weighted by molar-refractivity contribution is 0.0959. The summed E-state index contributed by atoms with van der Waals surface area (Å²) in [6.45, 7) is 4.33. The Balaban J connectivity index is 2.35. The fourth-order valence-corrected chi connectivity index (χ4v) is 2.13. The van der Waals surface area contributed by atoms with Gasteiger partial charge in [0.05, 0.1) is 4.88 Å². The predicted octanol–water partition coefficient (Wildman–Crippen LogP) is 3.68. The monoisotopic (exact) mass is 252 g/mol. The van der Waals surface area contributed by atoms with Gasteiger partial charge in [0.1, 0.15) is 0 Å². The van der Waals surface area contributed by atoms with Crippen LogP contribution in [0.4, 0.5) is 0 Å². The van der Waals surface area contributed by atoms with Gasteiger partial charge in [-0.1, -0.05) is 32.8 Å². The van der Waals surface area contributed by atoms with Crippen molar-refractivity contribution in [2.45, 2.75) is 39.5 Å².